The van der Waals surface area contributed by atoms with Crippen molar-refractivity contribution in [3.63, 3.8) is 0 Å². The maximum Gasteiger partial charge on any atom is 0.185 e. The molecule has 1 N–H and O–H groups in total. The summed E-state index contributed by atoms with van der Waals surface area (Å²) in [5, 5.41) is 4.42. The minimum Gasteiger partial charge on any atom is -0.491 e. The highest BCUT2D eigenvalue weighted by Crippen LogP contribution is 2.28. The molecule has 1 aliphatic rings. The van der Waals surface area contributed by atoms with Gasteiger partial charge in [-0.3, -0.25) is 0 Å². The van der Waals surface area contributed by atoms with Crippen LogP contribution in [0.5, 0.6) is 5.75 Å². The fourth-order valence-corrected chi connectivity index (χ4v) is 3.17. The fourth-order valence-electron chi connectivity index (χ4n) is 2.26. The van der Waals surface area contributed by atoms with Gasteiger partial charge in [0.05, 0.1) is 6.54 Å². The van der Waals surface area contributed by atoms with Gasteiger partial charge in [-0.2, -0.15) is 0 Å². The van der Waals surface area contributed by atoms with E-state index in [-0.39, 0.29) is 0 Å². The van der Waals surface area contributed by atoms with Gasteiger partial charge < -0.3 is 15.0 Å². The van der Waals surface area contributed by atoms with Crippen LogP contribution in [-0.4, -0.2) is 24.7 Å². The largest absolute Gasteiger partial charge is 0.491 e. The van der Waals surface area contributed by atoms with E-state index in [1.165, 1.54) is 10.4 Å². The number of benzene rings is 1. The Morgan fingerprint density at radius 3 is 3.20 bits per heavy atom. The standard InChI is InChI=1S/C15H19N3OS/c1-2-16-9-13-10-17-15(20-13)18-7-8-19-14-6-4-3-5-12(14)11-18/h3-6,10,16H,2,7-9,11H2,1H3. The van der Waals surface area contributed by atoms with Crippen LogP contribution in [0.3, 0.4) is 0 Å². The minimum absolute atomic E-state index is 0.707. The maximum atomic E-state index is 5.79. The van der Waals surface area contributed by atoms with Crippen molar-refractivity contribution < 1.29 is 4.74 Å². The number of anilines is 1. The molecule has 3 rings (SSSR count). The minimum atomic E-state index is 0.707. The van der Waals surface area contributed by atoms with Crippen LogP contribution in [0.15, 0.2) is 30.5 Å². The third kappa shape index (κ3) is 2.94. The van der Waals surface area contributed by atoms with Crippen molar-refractivity contribution in [1.29, 1.82) is 0 Å². The third-order valence-electron chi connectivity index (χ3n) is 3.31. The molecule has 106 valence electrons. The molecule has 0 radical (unpaired) electrons. The highest BCUT2D eigenvalue weighted by atomic mass is 32.1. The van der Waals surface area contributed by atoms with Crippen molar-refractivity contribution in [2.24, 2.45) is 0 Å². The van der Waals surface area contributed by atoms with E-state index in [1.807, 2.05) is 18.3 Å². The van der Waals surface area contributed by atoms with E-state index in [1.54, 1.807) is 11.3 Å². The van der Waals surface area contributed by atoms with Crippen molar-refractivity contribution >= 4 is 16.5 Å². The lowest BCUT2D eigenvalue weighted by Gasteiger charge is -2.18. The molecule has 1 aromatic carbocycles. The number of hydrogen-bond donors (Lipinski definition) is 1. The molecule has 0 fully saturated rings. The summed E-state index contributed by atoms with van der Waals surface area (Å²) >= 11 is 1.76. The monoisotopic (exact) mass is 289 g/mol. The Balaban J connectivity index is 1.75. The topological polar surface area (TPSA) is 37.4 Å². The zero-order valence-corrected chi connectivity index (χ0v) is 12.4. The maximum absolute atomic E-state index is 5.79. The summed E-state index contributed by atoms with van der Waals surface area (Å²) < 4.78 is 5.79. The lowest BCUT2D eigenvalue weighted by atomic mass is 10.2. The Bertz CT molecular complexity index is 570. The Labute approximate surface area is 123 Å². The average molecular weight is 289 g/mol. The zero-order valence-electron chi connectivity index (χ0n) is 11.6. The molecule has 20 heavy (non-hydrogen) atoms. The number of hydrogen-bond acceptors (Lipinski definition) is 5. The van der Waals surface area contributed by atoms with E-state index >= 15 is 0 Å². The van der Waals surface area contributed by atoms with Crippen LogP contribution in [0.1, 0.15) is 17.4 Å². The number of ether oxygens (including phenoxy) is 1. The average Bonchev–Trinajstić information content (AvgIpc) is 2.84. The first kappa shape index (κ1) is 13.4. The van der Waals surface area contributed by atoms with E-state index in [2.05, 4.69) is 34.3 Å². The van der Waals surface area contributed by atoms with E-state index in [0.29, 0.717) is 6.61 Å². The molecule has 0 unspecified atom stereocenters. The summed E-state index contributed by atoms with van der Waals surface area (Å²) in [6.45, 7) is 6.45. The lowest BCUT2D eigenvalue weighted by molar-refractivity contribution is 0.331. The fraction of sp³-hybridized carbons (Fsp3) is 0.400. The van der Waals surface area contributed by atoms with E-state index in [4.69, 9.17) is 4.74 Å². The second-order valence-electron chi connectivity index (χ2n) is 4.77. The normalized spacial score (nSPS) is 14.6. The predicted molar refractivity (Wildman–Crippen MR) is 82.5 cm³/mol. The number of rotatable bonds is 4. The quantitative estimate of drug-likeness (QED) is 0.939. The van der Waals surface area contributed by atoms with Gasteiger partial charge >= 0.3 is 0 Å². The Morgan fingerprint density at radius 1 is 1.40 bits per heavy atom. The highest BCUT2D eigenvalue weighted by Gasteiger charge is 2.17. The Hall–Kier alpha value is -1.59. The van der Waals surface area contributed by atoms with Gasteiger partial charge in [-0.25, -0.2) is 4.98 Å². The molecule has 0 aliphatic carbocycles. The van der Waals surface area contributed by atoms with Crippen LogP contribution in [-0.2, 0) is 13.1 Å². The molecule has 0 spiro atoms. The number of nitrogens with zero attached hydrogens (tertiary/aromatic N) is 2. The van der Waals surface area contributed by atoms with Gasteiger partial charge in [0.1, 0.15) is 12.4 Å². The molecule has 0 atom stereocenters. The predicted octanol–water partition coefficient (Wildman–Crippen LogP) is 2.65. The Morgan fingerprint density at radius 2 is 2.30 bits per heavy atom. The van der Waals surface area contributed by atoms with Crippen LogP contribution in [0, 0.1) is 0 Å². The summed E-state index contributed by atoms with van der Waals surface area (Å²) in [6.07, 6.45) is 1.97. The van der Waals surface area contributed by atoms with Crippen LogP contribution in [0.25, 0.3) is 0 Å². The van der Waals surface area contributed by atoms with E-state index in [0.717, 1.165) is 37.1 Å². The molecular formula is C15H19N3OS. The first-order valence-corrected chi connectivity index (χ1v) is 7.79. The number of thiazole rings is 1. The summed E-state index contributed by atoms with van der Waals surface area (Å²) in [5.41, 5.74) is 1.23. The molecule has 0 saturated carbocycles. The Kier molecular flexibility index (Phi) is 4.18. The number of aromatic nitrogens is 1. The molecular weight excluding hydrogens is 270 g/mol. The van der Waals surface area contributed by atoms with Gasteiger partial charge in [0.2, 0.25) is 0 Å². The lowest BCUT2D eigenvalue weighted by Crippen LogP contribution is -2.24. The molecule has 1 aromatic heterocycles. The highest BCUT2D eigenvalue weighted by molar-refractivity contribution is 7.15. The first-order chi connectivity index (χ1) is 9.86. The SMILES string of the molecule is CCNCc1cnc(N2CCOc3ccccc3C2)s1. The van der Waals surface area contributed by atoms with Crippen LogP contribution in [0.2, 0.25) is 0 Å². The molecule has 2 aromatic rings. The number of fused-ring (bicyclic) bond motifs is 1. The first-order valence-electron chi connectivity index (χ1n) is 6.98. The van der Waals surface area contributed by atoms with Gasteiger partial charge in [-0.05, 0) is 12.6 Å². The van der Waals surface area contributed by atoms with Crippen molar-refractivity contribution in [3.05, 3.63) is 40.9 Å². The van der Waals surface area contributed by atoms with Crippen molar-refractivity contribution in [2.45, 2.75) is 20.0 Å². The second-order valence-corrected chi connectivity index (χ2v) is 5.86. The number of nitrogens with one attached hydrogen (secondary N) is 1. The third-order valence-corrected chi connectivity index (χ3v) is 4.37. The molecule has 0 bridgehead atoms. The molecule has 2 heterocycles. The van der Waals surface area contributed by atoms with Crippen LogP contribution < -0.4 is 15.0 Å². The molecule has 5 heteroatoms. The van der Waals surface area contributed by atoms with E-state index in [9.17, 15) is 0 Å². The van der Waals surface area contributed by atoms with Gasteiger partial charge in [0, 0.05) is 29.7 Å². The van der Waals surface area contributed by atoms with Crippen molar-refractivity contribution in [2.75, 3.05) is 24.6 Å². The van der Waals surface area contributed by atoms with Gasteiger partial charge in [-0.1, -0.05) is 25.1 Å². The molecule has 4 nitrogen and oxygen atoms in total. The summed E-state index contributed by atoms with van der Waals surface area (Å²) in [5.74, 6) is 0.999. The summed E-state index contributed by atoms with van der Waals surface area (Å²) in [6, 6.07) is 8.24. The van der Waals surface area contributed by atoms with Crippen molar-refractivity contribution in [1.82, 2.24) is 10.3 Å². The molecule has 0 saturated heterocycles. The van der Waals surface area contributed by atoms with Gasteiger partial charge in [-0.15, -0.1) is 11.3 Å². The van der Waals surface area contributed by atoms with E-state index < -0.39 is 0 Å². The van der Waals surface area contributed by atoms with Crippen LogP contribution >= 0.6 is 11.3 Å². The summed E-state index contributed by atoms with van der Waals surface area (Å²) in [7, 11) is 0. The van der Waals surface area contributed by atoms with Gasteiger partial charge in [0.15, 0.2) is 5.13 Å². The van der Waals surface area contributed by atoms with Crippen molar-refractivity contribution in [3.8, 4) is 5.75 Å². The number of para-hydroxylation sites is 1. The molecule has 1 aliphatic heterocycles. The van der Waals surface area contributed by atoms with Crippen LogP contribution in [0.4, 0.5) is 5.13 Å². The van der Waals surface area contributed by atoms with Gasteiger partial charge in [0.25, 0.3) is 0 Å². The molecule has 0 amide bonds. The smallest absolute Gasteiger partial charge is 0.185 e. The second kappa shape index (κ2) is 6.24. The summed E-state index contributed by atoms with van der Waals surface area (Å²) in [4.78, 5) is 8.13. The zero-order chi connectivity index (χ0) is 13.8.